The first-order valence-corrected chi connectivity index (χ1v) is 7.18. The predicted molar refractivity (Wildman–Crippen MR) is 74.7 cm³/mol. The van der Waals surface area contributed by atoms with E-state index in [0.29, 0.717) is 16.3 Å². The van der Waals surface area contributed by atoms with Crippen molar-refractivity contribution in [2.75, 3.05) is 5.75 Å². The Morgan fingerprint density at radius 2 is 2.39 bits per heavy atom. The van der Waals surface area contributed by atoms with Crippen molar-refractivity contribution in [3.05, 3.63) is 35.1 Å². The van der Waals surface area contributed by atoms with Gasteiger partial charge in [-0.25, -0.2) is 4.39 Å². The molecule has 0 radical (unpaired) electrons. The Morgan fingerprint density at radius 1 is 1.56 bits per heavy atom. The minimum absolute atomic E-state index is 0.0723. The van der Waals surface area contributed by atoms with Crippen LogP contribution in [-0.2, 0) is 10.1 Å². The molecule has 1 aliphatic heterocycles. The second kappa shape index (κ2) is 6.10. The molecular formula is C11H9BrFN3OS. The topological polar surface area (TPSA) is 53.8 Å². The summed E-state index contributed by atoms with van der Waals surface area (Å²) in [4.78, 5) is 10.9. The van der Waals surface area contributed by atoms with Gasteiger partial charge in [0.25, 0.3) is 0 Å². The van der Waals surface area contributed by atoms with Gasteiger partial charge in [0.2, 0.25) is 5.91 Å². The number of carbonyl (C=O) groups is 1. The normalized spacial score (nSPS) is 17.7. The Morgan fingerprint density at radius 3 is 3.06 bits per heavy atom. The molecule has 4 nitrogen and oxygen atoms in total. The number of nitrogens with zero attached hydrogens (tertiary/aromatic N) is 2. The second-order valence-electron chi connectivity index (χ2n) is 3.46. The van der Waals surface area contributed by atoms with Crippen LogP contribution in [0.1, 0.15) is 11.1 Å². The number of alkyl halides is 1. The summed E-state index contributed by atoms with van der Waals surface area (Å²) in [6.45, 7) is 0. The third-order valence-electron chi connectivity index (χ3n) is 2.18. The molecular weight excluding hydrogens is 321 g/mol. The molecule has 1 amide bonds. The van der Waals surface area contributed by atoms with Crippen molar-refractivity contribution >= 4 is 45.0 Å². The number of amides is 1. The summed E-state index contributed by atoms with van der Waals surface area (Å²) in [5.74, 6) is 0.0146. The minimum Gasteiger partial charge on any atom is -0.303 e. The van der Waals surface area contributed by atoms with E-state index in [1.165, 1.54) is 30.1 Å². The lowest BCUT2D eigenvalue weighted by atomic mass is 10.1. The summed E-state index contributed by atoms with van der Waals surface area (Å²) in [6, 6.07) is 4.44. The molecule has 0 aliphatic carbocycles. The lowest BCUT2D eigenvalue weighted by Gasteiger charge is -2.00. The number of rotatable bonds is 3. The average Bonchev–Trinajstić information content (AvgIpc) is 2.77. The second-order valence-corrected chi connectivity index (χ2v) is 4.99. The van der Waals surface area contributed by atoms with E-state index < -0.39 is 0 Å². The van der Waals surface area contributed by atoms with Crippen LogP contribution in [0.4, 0.5) is 4.39 Å². The van der Waals surface area contributed by atoms with Gasteiger partial charge in [-0.3, -0.25) is 4.79 Å². The van der Waals surface area contributed by atoms with Crippen molar-refractivity contribution in [1.29, 1.82) is 0 Å². The first kappa shape index (κ1) is 13.2. The van der Waals surface area contributed by atoms with E-state index in [0.717, 1.165) is 11.1 Å². The number of thioether (sulfide) groups is 1. The van der Waals surface area contributed by atoms with Crippen LogP contribution >= 0.6 is 27.7 Å². The SMILES string of the molecule is O=C1CSC(=NN=Cc2ccc(F)cc2CBr)N1. The van der Waals surface area contributed by atoms with Gasteiger partial charge in [-0.05, 0) is 23.3 Å². The van der Waals surface area contributed by atoms with Crippen LogP contribution in [0, 0.1) is 5.82 Å². The van der Waals surface area contributed by atoms with Crippen molar-refractivity contribution < 1.29 is 9.18 Å². The lowest BCUT2D eigenvalue weighted by molar-refractivity contribution is -0.116. The molecule has 0 aromatic heterocycles. The molecule has 1 aromatic carbocycles. The smallest absolute Gasteiger partial charge is 0.236 e. The molecule has 0 saturated carbocycles. The van der Waals surface area contributed by atoms with Crippen molar-refractivity contribution in [3.63, 3.8) is 0 Å². The van der Waals surface area contributed by atoms with E-state index in [1.54, 1.807) is 6.07 Å². The van der Waals surface area contributed by atoms with Gasteiger partial charge in [0.15, 0.2) is 5.17 Å². The number of halogens is 2. The van der Waals surface area contributed by atoms with Crippen molar-refractivity contribution in [3.8, 4) is 0 Å². The zero-order valence-corrected chi connectivity index (χ0v) is 11.6. The summed E-state index contributed by atoms with van der Waals surface area (Å²) in [5, 5.41) is 11.3. The maximum atomic E-state index is 13.0. The fourth-order valence-electron chi connectivity index (χ4n) is 1.34. The standard InChI is InChI=1S/C11H9BrFN3OS/c12-4-8-3-9(13)2-1-7(8)5-14-16-11-15-10(17)6-18-11/h1-3,5H,4,6H2,(H,15,16,17). The molecule has 0 bridgehead atoms. The van der Waals surface area contributed by atoms with Crippen LogP contribution in [-0.4, -0.2) is 23.0 Å². The zero-order valence-electron chi connectivity index (χ0n) is 9.19. The van der Waals surface area contributed by atoms with Crippen LogP contribution in [0.25, 0.3) is 0 Å². The minimum atomic E-state index is -0.286. The maximum Gasteiger partial charge on any atom is 0.236 e. The van der Waals surface area contributed by atoms with Gasteiger partial charge in [0.1, 0.15) is 5.82 Å². The summed E-state index contributed by atoms with van der Waals surface area (Å²) >= 11 is 4.59. The zero-order chi connectivity index (χ0) is 13.0. The van der Waals surface area contributed by atoms with Crippen LogP contribution in [0.2, 0.25) is 0 Å². The molecule has 0 spiro atoms. The van der Waals surface area contributed by atoms with Crippen LogP contribution in [0.5, 0.6) is 0 Å². The number of nitrogens with one attached hydrogen (secondary N) is 1. The van der Waals surface area contributed by atoms with E-state index in [-0.39, 0.29) is 11.7 Å². The third-order valence-corrected chi connectivity index (χ3v) is 3.65. The summed E-state index contributed by atoms with van der Waals surface area (Å²) < 4.78 is 13.0. The van der Waals surface area contributed by atoms with Crippen molar-refractivity contribution in [2.24, 2.45) is 10.2 Å². The Balaban J connectivity index is 2.11. The fourth-order valence-corrected chi connectivity index (χ4v) is 2.46. The number of carbonyl (C=O) groups excluding carboxylic acids is 1. The van der Waals surface area contributed by atoms with Gasteiger partial charge in [0, 0.05) is 5.33 Å². The third kappa shape index (κ3) is 3.39. The highest BCUT2D eigenvalue weighted by Gasteiger charge is 2.15. The molecule has 7 heteroatoms. The largest absolute Gasteiger partial charge is 0.303 e. The van der Waals surface area contributed by atoms with E-state index in [2.05, 4.69) is 31.4 Å². The average molecular weight is 330 g/mol. The molecule has 1 aliphatic rings. The summed E-state index contributed by atoms with van der Waals surface area (Å²) in [6.07, 6.45) is 1.54. The maximum absolute atomic E-state index is 13.0. The van der Waals surface area contributed by atoms with E-state index in [1.807, 2.05) is 0 Å². The highest BCUT2D eigenvalue weighted by atomic mass is 79.9. The van der Waals surface area contributed by atoms with E-state index in [4.69, 9.17) is 0 Å². The van der Waals surface area contributed by atoms with Gasteiger partial charge < -0.3 is 5.32 Å². The predicted octanol–water partition coefficient (Wildman–Crippen LogP) is 2.27. The molecule has 0 unspecified atom stereocenters. The van der Waals surface area contributed by atoms with Crippen molar-refractivity contribution in [2.45, 2.75) is 5.33 Å². The molecule has 1 saturated heterocycles. The van der Waals surface area contributed by atoms with Crippen LogP contribution < -0.4 is 5.32 Å². The van der Waals surface area contributed by atoms with Gasteiger partial charge in [-0.1, -0.05) is 33.8 Å². The Kier molecular flexibility index (Phi) is 4.48. The monoisotopic (exact) mass is 329 g/mol. The molecule has 1 fully saturated rings. The summed E-state index contributed by atoms with van der Waals surface area (Å²) in [5.41, 5.74) is 1.58. The molecule has 0 atom stereocenters. The molecule has 1 aromatic rings. The molecule has 1 N–H and O–H groups in total. The van der Waals surface area contributed by atoms with Crippen LogP contribution in [0.15, 0.2) is 28.4 Å². The van der Waals surface area contributed by atoms with E-state index >= 15 is 0 Å². The number of amidine groups is 1. The van der Waals surface area contributed by atoms with Gasteiger partial charge in [-0.15, -0.1) is 5.10 Å². The summed E-state index contributed by atoms with van der Waals surface area (Å²) in [7, 11) is 0. The molecule has 2 rings (SSSR count). The highest BCUT2D eigenvalue weighted by Crippen LogP contribution is 2.13. The van der Waals surface area contributed by atoms with Gasteiger partial charge in [-0.2, -0.15) is 5.10 Å². The Labute approximate surface area is 116 Å². The number of hydrogen-bond donors (Lipinski definition) is 1. The Hall–Kier alpha value is -1.21. The molecule has 18 heavy (non-hydrogen) atoms. The Bertz CT molecular complexity index is 533. The first-order valence-electron chi connectivity index (χ1n) is 5.07. The lowest BCUT2D eigenvalue weighted by Crippen LogP contribution is -2.19. The number of hydrogen-bond acceptors (Lipinski definition) is 4. The highest BCUT2D eigenvalue weighted by molar-refractivity contribution is 9.08. The first-order chi connectivity index (χ1) is 8.69. The van der Waals surface area contributed by atoms with Crippen molar-refractivity contribution in [1.82, 2.24) is 5.32 Å². The van der Waals surface area contributed by atoms with Gasteiger partial charge in [0.05, 0.1) is 12.0 Å². The molecule has 1 heterocycles. The van der Waals surface area contributed by atoms with Gasteiger partial charge >= 0.3 is 0 Å². The fraction of sp³-hybridized carbons (Fsp3) is 0.182. The quantitative estimate of drug-likeness (QED) is 0.525. The van der Waals surface area contributed by atoms with Crippen LogP contribution in [0.3, 0.4) is 0 Å². The molecule has 94 valence electrons. The number of benzene rings is 1. The van der Waals surface area contributed by atoms with E-state index in [9.17, 15) is 9.18 Å².